The third kappa shape index (κ3) is 1.85. The fourth-order valence-corrected chi connectivity index (χ4v) is 1.98. The number of ketones is 1. The van der Waals surface area contributed by atoms with Crippen molar-refractivity contribution >= 4 is 5.78 Å². The second-order valence-electron chi connectivity index (χ2n) is 3.91. The lowest BCUT2D eigenvalue weighted by molar-refractivity contribution is -0.120. The van der Waals surface area contributed by atoms with Crippen molar-refractivity contribution in [2.24, 2.45) is 5.92 Å². The number of hydrogen-bond acceptors (Lipinski definition) is 2. The van der Waals surface area contributed by atoms with Crippen LogP contribution in [0.25, 0.3) is 0 Å². The van der Waals surface area contributed by atoms with Gasteiger partial charge in [0.05, 0.1) is 0 Å². The summed E-state index contributed by atoms with van der Waals surface area (Å²) < 4.78 is 0. The zero-order valence-electron chi connectivity index (χ0n) is 8.36. The van der Waals surface area contributed by atoms with Gasteiger partial charge in [0.1, 0.15) is 5.78 Å². The van der Waals surface area contributed by atoms with Gasteiger partial charge >= 0.3 is 0 Å². The van der Waals surface area contributed by atoms with E-state index < -0.39 is 0 Å². The number of nitrogens with one attached hydrogen (secondary N) is 1. The van der Waals surface area contributed by atoms with Crippen molar-refractivity contribution in [3.05, 3.63) is 35.9 Å². The smallest absolute Gasteiger partial charge is 0.134 e. The number of hydrogen-bond donors (Lipinski definition) is 1. The van der Waals surface area contributed by atoms with Gasteiger partial charge in [-0.1, -0.05) is 30.3 Å². The lowest BCUT2D eigenvalue weighted by atomic mass is 9.98. The highest BCUT2D eigenvalue weighted by molar-refractivity contribution is 5.78. The Balaban J connectivity index is 2.06. The highest BCUT2D eigenvalue weighted by atomic mass is 16.1. The molecule has 1 fully saturated rings. The monoisotopic (exact) mass is 189 g/mol. The van der Waals surface area contributed by atoms with Crippen LogP contribution in [-0.2, 0) is 4.79 Å². The van der Waals surface area contributed by atoms with Crippen LogP contribution in [0.4, 0.5) is 0 Å². The summed E-state index contributed by atoms with van der Waals surface area (Å²) in [5.41, 5.74) is 1.29. The summed E-state index contributed by atoms with van der Waals surface area (Å²) in [7, 11) is 0. The van der Waals surface area contributed by atoms with Crippen molar-refractivity contribution in [1.82, 2.24) is 5.32 Å². The molecular weight excluding hydrogens is 174 g/mol. The van der Waals surface area contributed by atoms with E-state index in [4.69, 9.17) is 0 Å². The van der Waals surface area contributed by atoms with Gasteiger partial charge in [-0.05, 0) is 18.9 Å². The van der Waals surface area contributed by atoms with Crippen molar-refractivity contribution in [2.75, 3.05) is 6.54 Å². The predicted molar refractivity (Wildman–Crippen MR) is 56.0 cm³/mol. The third-order valence-corrected chi connectivity index (χ3v) is 2.91. The number of Topliss-reactive ketones (excluding diaryl/α,β-unsaturated/α-hetero) is 1. The zero-order valence-corrected chi connectivity index (χ0v) is 8.36. The van der Waals surface area contributed by atoms with E-state index in [9.17, 15) is 4.79 Å². The molecule has 74 valence electrons. The molecule has 0 spiro atoms. The fraction of sp³-hybridized carbons (Fsp3) is 0.417. The van der Waals surface area contributed by atoms with E-state index in [1.165, 1.54) is 5.56 Å². The summed E-state index contributed by atoms with van der Waals surface area (Å²) in [6.45, 7) is 2.51. The first-order valence-corrected chi connectivity index (χ1v) is 5.06. The summed E-state index contributed by atoms with van der Waals surface area (Å²) in [5.74, 6) is 0.510. The predicted octanol–water partition coefficient (Wildman–Crippen LogP) is 1.93. The summed E-state index contributed by atoms with van der Waals surface area (Å²) in [5, 5.41) is 3.38. The molecule has 1 heterocycles. The van der Waals surface area contributed by atoms with Crippen LogP contribution in [-0.4, -0.2) is 12.3 Å². The molecule has 0 bridgehead atoms. The Morgan fingerprint density at radius 1 is 1.36 bits per heavy atom. The van der Waals surface area contributed by atoms with E-state index in [1.807, 2.05) is 18.2 Å². The molecule has 1 aromatic rings. The number of benzene rings is 1. The van der Waals surface area contributed by atoms with E-state index in [2.05, 4.69) is 17.4 Å². The van der Waals surface area contributed by atoms with Gasteiger partial charge < -0.3 is 5.32 Å². The molecule has 2 atom stereocenters. The summed E-state index contributed by atoms with van der Waals surface area (Å²) in [6, 6.07) is 10.7. The lowest BCUT2D eigenvalue weighted by Gasteiger charge is -2.09. The van der Waals surface area contributed by atoms with Gasteiger partial charge in [-0.15, -0.1) is 0 Å². The topological polar surface area (TPSA) is 29.1 Å². The Morgan fingerprint density at radius 2 is 2.07 bits per heavy atom. The van der Waals surface area contributed by atoms with Crippen LogP contribution in [0.2, 0.25) is 0 Å². The second-order valence-corrected chi connectivity index (χ2v) is 3.91. The minimum Gasteiger partial charge on any atom is -0.309 e. The average molecular weight is 189 g/mol. The maximum Gasteiger partial charge on any atom is 0.134 e. The first kappa shape index (κ1) is 9.41. The maximum absolute atomic E-state index is 11.2. The minimum absolute atomic E-state index is 0.209. The van der Waals surface area contributed by atoms with Crippen LogP contribution >= 0.6 is 0 Å². The van der Waals surface area contributed by atoms with Gasteiger partial charge in [0.2, 0.25) is 0 Å². The van der Waals surface area contributed by atoms with E-state index in [0.717, 1.165) is 13.0 Å². The van der Waals surface area contributed by atoms with Crippen molar-refractivity contribution in [2.45, 2.75) is 19.4 Å². The number of carbonyl (C=O) groups is 1. The SMILES string of the molecule is CC(=O)C1CNC(c2ccccc2)C1. The van der Waals surface area contributed by atoms with Crippen LogP contribution in [0, 0.1) is 5.92 Å². The molecule has 2 rings (SSSR count). The Hall–Kier alpha value is -1.15. The molecule has 2 heteroatoms. The summed E-state index contributed by atoms with van der Waals surface area (Å²) in [6.07, 6.45) is 0.944. The maximum atomic E-state index is 11.2. The van der Waals surface area contributed by atoms with Crippen molar-refractivity contribution < 1.29 is 4.79 Å². The molecule has 14 heavy (non-hydrogen) atoms. The molecule has 0 amide bonds. The van der Waals surface area contributed by atoms with Crippen LogP contribution < -0.4 is 5.32 Å². The zero-order chi connectivity index (χ0) is 9.97. The molecule has 1 aromatic carbocycles. The standard InChI is InChI=1S/C12H15NO/c1-9(14)11-7-12(13-8-11)10-5-3-2-4-6-10/h2-6,11-13H,7-8H2,1H3. The first-order valence-electron chi connectivity index (χ1n) is 5.06. The third-order valence-electron chi connectivity index (χ3n) is 2.91. The molecule has 0 saturated carbocycles. The van der Waals surface area contributed by atoms with Crippen LogP contribution in [0.3, 0.4) is 0 Å². The van der Waals surface area contributed by atoms with Gasteiger partial charge in [0.15, 0.2) is 0 Å². The molecular formula is C12H15NO. The Bertz CT molecular complexity index is 320. The second kappa shape index (κ2) is 3.93. The number of rotatable bonds is 2. The minimum atomic E-state index is 0.209. The molecule has 2 unspecified atom stereocenters. The summed E-state index contributed by atoms with van der Waals surface area (Å²) in [4.78, 5) is 11.2. The highest BCUT2D eigenvalue weighted by Crippen LogP contribution is 2.27. The average Bonchev–Trinajstić information content (AvgIpc) is 2.68. The highest BCUT2D eigenvalue weighted by Gasteiger charge is 2.27. The van der Waals surface area contributed by atoms with Gasteiger partial charge in [-0.2, -0.15) is 0 Å². The molecule has 1 aliphatic rings. The quantitative estimate of drug-likeness (QED) is 0.770. The molecule has 2 nitrogen and oxygen atoms in total. The van der Waals surface area contributed by atoms with Crippen molar-refractivity contribution in [1.29, 1.82) is 0 Å². The summed E-state index contributed by atoms with van der Waals surface area (Å²) >= 11 is 0. The van der Waals surface area contributed by atoms with E-state index >= 15 is 0 Å². The molecule has 1 aliphatic heterocycles. The number of carbonyl (C=O) groups excluding carboxylic acids is 1. The normalized spacial score (nSPS) is 26.4. The largest absolute Gasteiger partial charge is 0.309 e. The lowest BCUT2D eigenvalue weighted by Crippen LogP contribution is -2.15. The molecule has 0 aromatic heterocycles. The van der Waals surface area contributed by atoms with Crippen molar-refractivity contribution in [3.8, 4) is 0 Å². The molecule has 1 N–H and O–H groups in total. The van der Waals surface area contributed by atoms with Gasteiger partial charge in [-0.3, -0.25) is 4.79 Å². The Labute approximate surface area is 84.3 Å². The van der Waals surface area contributed by atoms with Gasteiger partial charge in [-0.25, -0.2) is 0 Å². The van der Waals surface area contributed by atoms with Crippen LogP contribution in [0.5, 0.6) is 0 Å². The van der Waals surface area contributed by atoms with Gasteiger partial charge in [0, 0.05) is 18.5 Å². The van der Waals surface area contributed by atoms with Gasteiger partial charge in [0.25, 0.3) is 0 Å². The van der Waals surface area contributed by atoms with E-state index in [0.29, 0.717) is 11.8 Å². The van der Waals surface area contributed by atoms with E-state index in [-0.39, 0.29) is 5.92 Å². The molecule has 1 saturated heterocycles. The first-order chi connectivity index (χ1) is 6.77. The molecule has 0 aliphatic carbocycles. The van der Waals surface area contributed by atoms with Crippen LogP contribution in [0.15, 0.2) is 30.3 Å². The van der Waals surface area contributed by atoms with Crippen LogP contribution in [0.1, 0.15) is 24.9 Å². The van der Waals surface area contributed by atoms with Crippen molar-refractivity contribution in [3.63, 3.8) is 0 Å². The molecule has 0 radical (unpaired) electrons. The fourth-order valence-electron chi connectivity index (χ4n) is 1.98. The Morgan fingerprint density at radius 3 is 2.64 bits per heavy atom. The Kier molecular flexibility index (Phi) is 2.64. The van der Waals surface area contributed by atoms with E-state index in [1.54, 1.807) is 6.92 Å².